The lowest BCUT2D eigenvalue weighted by Gasteiger charge is -2.61. The monoisotopic (exact) mass is 522 g/mol. The van der Waals surface area contributed by atoms with E-state index in [-0.39, 0.29) is 59.5 Å². The topological polar surface area (TPSA) is 107 Å². The maximum absolute atomic E-state index is 13.9. The van der Waals surface area contributed by atoms with Crippen LogP contribution in [0.5, 0.6) is 0 Å². The summed E-state index contributed by atoms with van der Waals surface area (Å²) in [5.74, 6) is -2.04. The molecule has 4 aliphatic rings. The summed E-state index contributed by atoms with van der Waals surface area (Å²) >= 11 is 7.06. The average Bonchev–Trinajstić information content (AvgIpc) is 3.04. The van der Waals surface area contributed by atoms with Gasteiger partial charge in [-0.1, -0.05) is 40.2 Å². The summed E-state index contributed by atoms with van der Waals surface area (Å²) in [5.41, 5.74) is -1.75. The molecule has 7 nitrogen and oxygen atoms in total. The number of ether oxygens (including phenoxy) is 2. The van der Waals surface area contributed by atoms with Gasteiger partial charge in [-0.05, 0) is 54.9 Å². The number of hydrogen-bond acceptors (Lipinski definition) is 7. The van der Waals surface area contributed by atoms with Crippen molar-refractivity contribution in [3.05, 3.63) is 11.6 Å². The predicted octanol–water partition coefficient (Wildman–Crippen LogP) is 4.17. The Morgan fingerprint density at radius 2 is 1.83 bits per heavy atom. The summed E-state index contributed by atoms with van der Waals surface area (Å²) in [6.07, 6.45) is 3.70. The molecule has 4 rings (SSSR count). The SMILES string of the molecule is CCC(=O)OCC(=O)[C@]1(OC(=O)CC)[C@H](C)C[C@H]2[C@H]3[C@H]([C@@H](O)C[C@@]21C)[C@@]1(C)CCC(=O)C=C1C[C@H]3Cl. The number of aliphatic hydroxyl groups excluding tert-OH is 1. The third kappa shape index (κ3) is 3.87. The van der Waals surface area contributed by atoms with Gasteiger partial charge in [0.25, 0.3) is 0 Å². The molecule has 200 valence electrons. The quantitative estimate of drug-likeness (QED) is 0.412. The van der Waals surface area contributed by atoms with E-state index in [4.69, 9.17) is 21.1 Å². The van der Waals surface area contributed by atoms with Crippen molar-refractivity contribution in [2.45, 2.75) is 96.6 Å². The van der Waals surface area contributed by atoms with Crippen LogP contribution in [-0.2, 0) is 28.7 Å². The molecule has 36 heavy (non-hydrogen) atoms. The lowest BCUT2D eigenvalue weighted by atomic mass is 9.45. The van der Waals surface area contributed by atoms with Crippen LogP contribution in [0, 0.1) is 34.5 Å². The molecule has 0 aromatic heterocycles. The Balaban J connectivity index is 1.79. The summed E-state index contributed by atoms with van der Waals surface area (Å²) in [4.78, 5) is 50.7. The van der Waals surface area contributed by atoms with Gasteiger partial charge in [0, 0.05) is 36.0 Å². The smallest absolute Gasteiger partial charge is 0.306 e. The first kappa shape index (κ1) is 27.3. The summed E-state index contributed by atoms with van der Waals surface area (Å²) in [6.45, 7) is 8.83. The number of allylic oxidation sites excluding steroid dienone is 1. The van der Waals surface area contributed by atoms with Crippen molar-refractivity contribution in [1.82, 2.24) is 0 Å². The first-order valence-corrected chi connectivity index (χ1v) is 13.8. The number of hydrogen-bond donors (Lipinski definition) is 1. The largest absolute Gasteiger partial charge is 0.457 e. The van der Waals surface area contributed by atoms with Gasteiger partial charge < -0.3 is 14.6 Å². The van der Waals surface area contributed by atoms with Gasteiger partial charge in [-0.3, -0.25) is 19.2 Å². The molecule has 0 aliphatic heterocycles. The molecule has 0 unspecified atom stereocenters. The second-order valence-corrected chi connectivity index (χ2v) is 12.4. The second-order valence-electron chi connectivity index (χ2n) is 11.8. The molecular formula is C28H39ClO7. The molecule has 0 saturated heterocycles. The van der Waals surface area contributed by atoms with Gasteiger partial charge in [0.2, 0.25) is 5.78 Å². The van der Waals surface area contributed by atoms with Crippen molar-refractivity contribution >= 4 is 35.1 Å². The normalized spacial score (nSPS) is 43.5. The van der Waals surface area contributed by atoms with Crippen molar-refractivity contribution in [2.24, 2.45) is 34.5 Å². The van der Waals surface area contributed by atoms with Crippen LogP contribution in [0.1, 0.15) is 79.6 Å². The molecule has 0 bridgehead atoms. The van der Waals surface area contributed by atoms with E-state index in [9.17, 15) is 24.3 Å². The highest BCUT2D eigenvalue weighted by Crippen LogP contribution is 2.70. The Kier molecular flexibility index (Phi) is 7.24. The highest BCUT2D eigenvalue weighted by Gasteiger charge is 2.74. The number of carbonyl (C=O) groups is 4. The third-order valence-electron chi connectivity index (χ3n) is 10.1. The van der Waals surface area contributed by atoms with Crippen LogP contribution in [0.15, 0.2) is 11.6 Å². The van der Waals surface area contributed by atoms with Gasteiger partial charge in [-0.25, -0.2) is 0 Å². The molecule has 4 aliphatic carbocycles. The van der Waals surface area contributed by atoms with E-state index >= 15 is 0 Å². The fourth-order valence-electron chi connectivity index (χ4n) is 8.39. The number of fused-ring (bicyclic) bond motifs is 5. The Morgan fingerprint density at radius 1 is 1.17 bits per heavy atom. The van der Waals surface area contributed by atoms with Crippen LogP contribution in [0.4, 0.5) is 0 Å². The van der Waals surface area contributed by atoms with Crippen LogP contribution >= 0.6 is 11.6 Å². The molecule has 0 aromatic rings. The first-order chi connectivity index (χ1) is 16.9. The summed E-state index contributed by atoms with van der Waals surface area (Å²) in [7, 11) is 0. The highest BCUT2D eigenvalue weighted by atomic mass is 35.5. The number of esters is 2. The Hall–Kier alpha value is -1.73. The number of rotatable bonds is 6. The maximum atomic E-state index is 13.9. The predicted molar refractivity (Wildman–Crippen MR) is 133 cm³/mol. The van der Waals surface area contributed by atoms with E-state index in [0.29, 0.717) is 25.7 Å². The van der Waals surface area contributed by atoms with E-state index in [1.54, 1.807) is 19.9 Å². The zero-order chi connectivity index (χ0) is 26.6. The fraction of sp³-hybridized carbons (Fsp3) is 0.786. The average molecular weight is 523 g/mol. The molecule has 0 radical (unpaired) electrons. The minimum atomic E-state index is -1.53. The Labute approximate surface area is 218 Å². The molecule has 0 aromatic carbocycles. The zero-order valence-electron chi connectivity index (χ0n) is 22.0. The van der Waals surface area contributed by atoms with Gasteiger partial charge in [0.1, 0.15) is 0 Å². The number of alkyl halides is 1. The summed E-state index contributed by atoms with van der Waals surface area (Å²) in [6, 6.07) is 0. The zero-order valence-corrected chi connectivity index (χ0v) is 22.7. The molecule has 9 atom stereocenters. The number of ketones is 2. The molecule has 0 heterocycles. The second kappa shape index (κ2) is 9.54. The van der Waals surface area contributed by atoms with E-state index in [1.165, 1.54) is 0 Å². The van der Waals surface area contributed by atoms with E-state index < -0.39 is 41.4 Å². The Bertz CT molecular complexity index is 990. The number of aliphatic hydroxyl groups is 1. The summed E-state index contributed by atoms with van der Waals surface area (Å²) in [5, 5.41) is 11.4. The molecular weight excluding hydrogens is 484 g/mol. The van der Waals surface area contributed by atoms with Crippen LogP contribution in [0.3, 0.4) is 0 Å². The van der Waals surface area contributed by atoms with Gasteiger partial charge in [0.05, 0.1) is 6.10 Å². The molecule has 3 saturated carbocycles. The van der Waals surface area contributed by atoms with Gasteiger partial charge >= 0.3 is 11.9 Å². The number of carbonyl (C=O) groups excluding carboxylic acids is 4. The van der Waals surface area contributed by atoms with E-state index in [1.807, 2.05) is 13.8 Å². The van der Waals surface area contributed by atoms with Crippen LogP contribution in [0.25, 0.3) is 0 Å². The van der Waals surface area contributed by atoms with Crippen molar-refractivity contribution in [3.63, 3.8) is 0 Å². The highest BCUT2D eigenvalue weighted by molar-refractivity contribution is 6.21. The van der Waals surface area contributed by atoms with E-state index in [0.717, 1.165) is 5.57 Å². The minimum absolute atomic E-state index is 0.0881. The van der Waals surface area contributed by atoms with Crippen LogP contribution in [-0.4, -0.2) is 52.3 Å². The fourth-order valence-corrected chi connectivity index (χ4v) is 8.89. The Morgan fingerprint density at radius 3 is 2.47 bits per heavy atom. The van der Waals surface area contributed by atoms with Crippen LogP contribution < -0.4 is 0 Å². The van der Waals surface area contributed by atoms with Gasteiger partial charge in [0.15, 0.2) is 18.0 Å². The van der Waals surface area contributed by atoms with Crippen molar-refractivity contribution < 1.29 is 33.8 Å². The van der Waals surface area contributed by atoms with Crippen molar-refractivity contribution in [1.29, 1.82) is 0 Å². The standard InChI is InChI=1S/C28H39ClO7/c1-6-22(33)35-14-21(32)28(36-23(34)7-2)15(3)10-18-24-19(29)12-16-11-17(30)8-9-26(16,4)25(24)20(31)13-27(18,28)5/h11,15,18-20,24-25,31H,6-10,12-14H2,1-5H3/t15-,18+,19-,20+,24-,25+,26+,27+,28-/m1/s1. The molecule has 8 heteroatoms. The van der Waals surface area contributed by atoms with Gasteiger partial charge in [-0.15, -0.1) is 11.6 Å². The number of Topliss-reactive ketones (excluding diaryl/α,β-unsaturated/α-hetero) is 1. The molecule has 0 amide bonds. The first-order valence-electron chi connectivity index (χ1n) is 13.3. The lowest BCUT2D eigenvalue weighted by molar-refractivity contribution is -0.207. The molecule has 1 N–H and O–H groups in total. The lowest BCUT2D eigenvalue weighted by Crippen LogP contribution is -2.65. The van der Waals surface area contributed by atoms with E-state index in [2.05, 4.69) is 6.92 Å². The molecule has 0 spiro atoms. The van der Waals surface area contributed by atoms with Crippen molar-refractivity contribution in [2.75, 3.05) is 6.61 Å². The molecule has 3 fully saturated rings. The third-order valence-corrected chi connectivity index (χ3v) is 10.5. The van der Waals surface area contributed by atoms with Crippen molar-refractivity contribution in [3.8, 4) is 0 Å². The van der Waals surface area contributed by atoms with Crippen LogP contribution in [0.2, 0.25) is 0 Å². The maximum Gasteiger partial charge on any atom is 0.306 e. The minimum Gasteiger partial charge on any atom is -0.457 e. The number of halogens is 1. The summed E-state index contributed by atoms with van der Waals surface area (Å²) < 4.78 is 11.3. The van der Waals surface area contributed by atoms with Gasteiger partial charge in [-0.2, -0.15) is 0 Å².